The third-order valence-corrected chi connectivity index (χ3v) is 6.74. The van der Waals surface area contributed by atoms with Crippen molar-refractivity contribution in [2.24, 2.45) is 28.5 Å². The van der Waals surface area contributed by atoms with Gasteiger partial charge >= 0.3 is 0 Å². The molecule has 3 N–H and O–H groups in total. The van der Waals surface area contributed by atoms with Crippen LogP contribution in [0.3, 0.4) is 0 Å². The zero-order chi connectivity index (χ0) is 26.4. The van der Waals surface area contributed by atoms with Gasteiger partial charge in [-0.15, -0.1) is 0 Å². The smallest absolute Gasteiger partial charge is 0.272 e. The number of nitrogens with one attached hydrogen (secondary N) is 1. The number of aliphatic imine (C=N–C) groups is 1. The topological polar surface area (TPSA) is 105 Å². The molecule has 36 heavy (non-hydrogen) atoms. The van der Waals surface area contributed by atoms with Gasteiger partial charge in [0.05, 0.1) is 11.4 Å². The normalized spacial score (nSPS) is 17.2. The number of nitrogens with zero attached hydrogens (tertiary/aromatic N) is 2. The Morgan fingerprint density at radius 2 is 1.83 bits per heavy atom. The standard InChI is InChI=1S/C28H35ClN4O3/c1-5-6-12-20(25(30)34)21(15-17(2)3)27(35)32-26-28(36)33(4)23-14-13-19(29)16-22(23)24(31-26)18-10-8-7-9-11-18/h7-11,13-14,16-17,20-21,26H,5-6,12,15H2,1-4H3,(H2,30,34)(H,32,35)/t20-,21+,26+/m0/s1. The number of rotatable bonds is 10. The first-order valence-electron chi connectivity index (χ1n) is 12.4. The lowest BCUT2D eigenvalue weighted by Gasteiger charge is -2.27. The zero-order valence-electron chi connectivity index (χ0n) is 21.3. The summed E-state index contributed by atoms with van der Waals surface area (Å²) in [7, 11) is 1.65. The Labute approximate surface area is 218 Å². The summed E-state index contributed by atoms with van der Waals surface area (Å²) < 4.78 is 0. The van der Waals surface area contributed by atoms with Crippen molar-refractivity contribution in [2.75, 3.05) is 11.9 Å². The lowest BCUT2D eigenvalue weighted by Crippen LogP contribution is -2.50. The third-order valence-electron chi connectivity index (χ3n) is 6.51. The van der Waals surface area contributed by atoms with Gasteiger partial charge in [0.25, 0.3) is 5.91 Å². The Bertz CT molecular complexity index is 1130. The number of carbonyl (C=O) groups is 3. The van der Waals surface area contributed by atoms with E-state index in [1.165, 1.54) is 4.90 Å². The highest BCUT2D eigenvalue weighted by molar-refractivity contribution is 6.32. The van der Waals surface area contributed by atoms with E-state index in [1.54, 1.807) is 25.2 Å². The van der Waals surface area contributed by atoms with Crippen molar-refractivity contribution in [2.45, 2.75) is 52.6 Å². The molecule has 0 unspecified atom stereocenters. The molecular weight excluding hydrogens is 476 g/mol. The number of nitrogens with two attached hydrogens (primary N) is 1. The lowest BCUT2D eigenvalue weighted by molar-refractivity contribution is -0.136. The second-order valence-corrected chi connectivity index (χ2v) is 10.1. The molecular formula is C28H35ClN4O3. The van der Waals surface area contributed by atoms with Crippen LogP contribution in [0.2, 0.25) is 5.02 Å². The van der Waals surface area contributed by atoms with Gasteiger partial charge in [-0.2, -0.15) is 0 Å². The van der Waals surface area contributed by atoms with Crippen molar-refractivity contribution in [1.82, 2.24) is 5.32 Å². The maximum Gasteiger partial charge on any atom is 0.272 e. The van der Waals surface area contributed by atoms with Crippen LogP contribution in [0, 0.1) is 17.8 Å². The van der Waals surface area contributed by atoms with E-state index in [-0.39, 0.29) is 11.8 Å². The third kappa shape index (κ3) is 6.32. The van der Waals surface area contributed by atoms with Crippen LogP contribution in [0.5, 0.6) is 0 Å². The maximum absolute atomic E-state index is 13.6. The van der Waals surface area contributed by atoms with Gasteiger partial charge in [0.2, 0.25) is 18.0 Å². The van der Waals surface area contributed by atoms with Crippen LogP contribution in [0.4, 0.5) is 5.69 Å². The minimum atomic E-state index is -1.17. The molecule has 8 heteroatoms. The summed E-state index contributed by atoms with van der Waals surface area (Å²) in [4.78, 5) is 45.7. The number of unbranched alkanes of at least 4 members (excludes halogenated alkanes) is 1. The first-order valence-corrected chi connectivity index (χ1v) is 12.8. The number of benzene rings is 2. The minimum absolute atomic E-state index is 0.159. The number of amides is 3. The molecule has 0 fully saturated rings. The van der Waals surface area contributed by atoms with Crippen LogP contribution in [0.1, 0.15) is 57.6 Å². The molecule has 1 aliphatic heterocycles. The van der Waals surface area contributed by atoms with Gasteiger partial charge in [0.15, 0.2) is 0 Å². The summed E-state index contributed by atoms with van der Waals surface area (Å²) in [5.74, 6) is -2.38. The molecule has 0 saturated heterocycles. The number of hydrogen-bond acceptors (Lipinski definition) is 4. The number of halogens is 1. The molecule has 3 amide bonds. The molecule has 0 aromatic heterocycles. The fraction of sp³-hybridized carbons (Fsp3) is 0.429. The second kappa shape index (κ2) is 12.2. The van der Waals surface area contributed by atoms with Crippen LogP contribution < -0.4 is 16.0 Å². The molecule has 1 aliphatic rings. The van der Waals surface area contributed by atoms with Crippen molar-refractivity contribution < 1.29 is 14.4 Å². The number of carbonyl (C=O) groups excluding carboxylic acids is 3. The van der Waals surface area contributed by atoms with Gasteiger partial charge in [-0.3, -0.25) is 14.4 Å². The molecule has 192 valence electrons. The summed E-state index contributed by atoms with van der Waals surface area (Å²) >= 11 is 6.31. The molecule has 2 aromatic rings. The van der Waals surface area contributed by atoms with E-state index in [0.717, 1.165) is 18.4 Å². The number of benzodiazepines with no additional fused rings is 1. The molecule has 7 nitrogen and oxygen atoms in total. The van der Waals surface area contributed by atoms with Crippen molar-refractivity contribution in [3.8, 4) is 0 Å². The molecule has 0 radical (unpaired) electrons. The highest BCUT2D eigenvalue weighted by Crippen LogP contribution is 2.31. The quantitative estimate of drug-likeness (QED) is 0.489. The molecule has 0 spiro atoms. The number of primary amides is 1. The first-order chi connectivity index (χ1) is 17.1. The molecule has 0 saturated carbocycles. The fourth-order valence-corrected chi connectivity index (χ4v) is 4.81. The molecule has 3 rings (SSSR count). The number of hydrogen-bond donors (Lipinski definition) is 2. The minimum Gasteiger partial charge on any atom is -0.369 e. The van der Waals surface area contributed by atoms with E-state index < -0.39 is 29.8 Å². The van der Waals surface area contributed by atoms with Crippen molar-refractivity contribution in [1.29, 1.82) is 0 Å². The highest BCUT2D eigenvalue weighted by Gasteiger charge is 2.37. The van der Waals surface area contributed by atoms with Gasteiger partial charge in [-0.1, -0.05) is 75.5 Å². The van der Waals surface area contributed by atoms with Crippen LogP contribution in [0.25, 0.3) is 0 Å². The summed E-state index contributed by atoms with van der Waals surface area (Å²) in [5.41, 5.74) is 8.41. The maximum atomic E-state index is 13.6. The Hall–Kier alpha value is -3.19. The summed E-state index contributed by atoms with van der Waals surface area (Å²) in [6, 6.07) is 14.7. The van der Waals surface area contributed by atoms with E-state index in [4.69, 9.17) is 22.3 Å². The van der Waals surface area contributed by atoms with Crippen molar-refractivity contribution in [3.05, 3.63) is 64.7 Å². The molecule has 0 aliphatic carbocycles. The Kier molecular flexibility index (Phi) is 9.26. The van der Waals surface area contributed by atoms with E-state index >= 15 is 0 Å². The largest absolute Gasteiger partial charge is 0.369 e. The number of anilines is 1. The summed E-state index contributed by atoms with van der Waals surface area (Å²) in [6.07, 6.45) is 1.51. The predicted molar refractivity (Wildman–Crippen MR) is 144 cm³/mol. The van der Waals surface area contributed by atoms with Crippen LogP contribution >= 0.6 is 11.6 Å². The van der Waals surface area contributed by atoms with Crippen molar-refractivity contribution in [3.63, 3.8) is 0 Å². The van der Waals surface area contributed by atoms with Gasteiger partial charge in [-0.25, -0.2) is 4.99 Å². The van der Waals surface area contributed by atoms with E-state index in [9.17, 15) is 14.4 Å². The Morgan fingerprint density at radius 1 is 1.14 bits per heavy atom. The van der Waals surface area contributed by atoms with Crippen LogP contribution in [0.15, 0.2) is 53.5 Å². The number of likely N-dealkylation sites (N-methyl/N-ethyl adjacent to an activating group) is 1. The van der Waals surface area contributed by atoms with E-state index in [2.05, 4.69) is 5.32 Å². The fourth-order valence-electron chi connectivity index (χ4n) is 4.64. The number of fused-ring (bicyclic) bond motifs is 1. The predicted octanol–water partition coefficient (Wildman–Crippen LogP) is 4.55. The van der Waals surface area contributed by atoms with Gasteiger partial charge < -0.3 is 16.0 Å². The Morgan fingerprint density at radius 3 is 2.44 bits per heavy atom. The first kappa shape index (κ1) is 27.4. The molecule has 0 bridgehead atoms. The molecule has 3 atom stereocenters. The molecule has 2 aromatic carbocycles. The van der Waals surface area contributed by atoms with Gasteiger partial charge in [0.1, 0.15) is 0 Å². The summed E-state index contributed by atoms with van der Waals surface area (Å²) in [5, 5.41) is 3.36. The van der Waals surface area contributed by atoms with E-state index in [0.29, 0.717) is 34.8 Å². The monoisotopic (exact) mass is 510 g/mol. The average molecular weight is 511 g/mol. The van der Waals surface area contributed by atoms with Gasteiger partial charge in [-0.05, 0) is 37.0 Å². The SMILES string of the molecule is CCCC[C@H](C(N)=O)[C@@H](CC(C)C)C(=O)N[C@H]1N=C(c2ccccc2)c2cc(Cl)ccc2N(C)C1=O. The lowest BCUT2D eigenvalue weighted by atomic mass is 9.81. The van der Waals surface area contributed by atoms with Crippen LogP contribution in [-0.2, 0) is 14.4 Å². The van der Waals surface area contributed by atoms with Crippen LogP contribution in [-0.4, -0.2) is 36.6 Å². The van der Waals surface area contributed by atoms with Gasteiger partial charge in [0, 0.05) is 35.0 Å². The Balaban J connectivity index is 2.04. The highest BCUT2D eigenvalue weighted by atomic mass is 35.5. The second-order valence-electron chi connectivity index (χ2n) is 9.70. The van der Waals surface area contributed by atoms with E-state index in [1.807, 2.05) is 51.1 Å². The average Bonchev–Trinajstić information content (AvgIpc) is 2.94. The summed E-state index contributed by atoms with van der Waals surface area (Å²) in [6.45, 7) is 6.02. The molecule has 1 heterocycles. The zero-order valence-corrected chi connectivity index (χ0v) is 22.1. The van der Waals surface area contributed by atoms with Crippen molar-refractivity contribution >= 4 is 40.7 Å².